The van der Waals surface area contributed by atoms with E-state index < -0.39 is 11.4 Å². The van der Waals surface area contributed by atoms with Crippen molar-refractivity contribution in [2.75, 3.05) is 0 Å². The monoisotopic (exact) mass is 574 g/mol. The first-order valence-electron chi connectivity index (χ1n) is 14.3. The molecule has 0 N–H and O–H groups in total. The standard InChI is InChI=1S/C39H27FN2O2/c40-35-25-30(24-29-22-23-44-38(29)35)37(43)21-20-28-12-10-11-19-34(28)36-26-41-27-42(36)39(31-13-4-1-5-14-31,32-15-6-2-7-16-32)33-17-8-3-9-18-33/h1-27H. The minimum atomic E-state index is -0.750. The lowest BCUT2D eigenvalue weighted by atomic mass is 9.76. The molecule has 0 aliphatic carbocycles. The number of allylic oxidation sites excluding steroid dienone is 1. The number of fused-ring (bicyclic) bond motifs is 1. The molecular formula is C39H27FN2O2. The Kier molecular flexibility index (Phi) is 7.05. The largest absolute Gasteiger partial charge is 0.461 e. The van der Waals surface area contributed by atoms with E-state index in [2.05, 4.69) is 82.3 Å². The van der Waals surface area contributed by atoms with E-state index in [1.807, 2.05) is 55.0 Å². The fourth-order valence-electron chi connectivity index (χ4n) is 6.03. The number of benzene rings is 5. The van der Waals surface area contributed by atoms with Crippen LogP contribution in [0.5, 0.6) is 0 Å². The molecule has 2 aromatic heterocycles. The highest BCUT2D eigenvalue weighted by atomic mass is 19.1. The summed E-state index contributed by atoms with van der Waals surface area (Å²) in [6.45, 7) is 0. The third-order valence-electron chi connectivity index (χ3n) is 8.02. The van der Waals surface area contributed by atoms with Gasteiger partial charge in [0.05, 0.1) is 24.5 Å². The molecule has 0 saturated carbocycles. The zero-order chi connectivity index (χ0) is 29.9. The molecular weight excluding hydrogens is 547 g/mol. The lowest BCUT2D eigenvalue weighted by Crippen LogP contribution is -2.37. The van der Waals surface area contributed by atoms with Crippen LogP contribution in [-0.2, 0) is 5.54 Å². The smallest absolute Gasteiger partial charge is 0.185 e. The summed E-state index contributed by atoms with van der Waals surface area (Å²) in [7, 11) is 0. The van der Waals surface area contributed by atoms with Crippen molar-refractivity contribution in [2.45, 2.75) is 5.54 Å². The van der Waals surface area contributed by atoms with E-state index in [1.54, 1.807) is 18.2 Å². The highest BCUT2D eigenvalue weighted by Gasteiger charge is 2.39. The van der Waals surface area contributed by atoms with Crippen LogP contribution >= 0.6 is 0 Å². The maximum atomic E-state index is 14.5. The van der Waals surface area contributed by atoms with Gasteiger partial charge in [-0.05, 0) is 46.5 Å². The second-order valence-electron chi connectivity index (χ2n) is 10.5. The Labute approximate surface area is 254 Å². The van der Waals surface area contributed by atoms with Gasteiger partial charge in [0.2, 0.25) is 0 Å². The Balaban J connectivity index is 1.39. The number of hydrogen-bond acceptors (Lipinski definition) is 3. The van der Waals surface area contributed by atoms with Gasteiger partial charge in [0.25, 0.3) is 0 Å². The van der Waals surface area contributed by atoms with Gasteiger partial charge in [-0.1, -0.05) is 121 Å². The van der Waals surface area contributed by atoms with Crippen molar-refractivity contribution in [1.29, 1.82) is 0 Å². The third kappa shape index (κ3) is 4.65. The molecule has 0 aliphatic rings. The maximum absolute atomic E-state index is 14.5. The van der Waals surface area contributed by atoms with E-state index >= 15 is 0 Å². The van der Waals surface area contributed by atoms with Crippen LogP contribution in [0, 0.1) is 5.82 Å². The molecule has 7 aromatic rings. The molecule has 0 bridgehead atoms. The molecule has 7 rings (SSSR count). The molecule has 0 radical (unpaired) electrons. The zero-order valence-corrected chi connectivity index (χ0v) is 23.7. The van der Waals surface area contributed by atoms with Gasteiger partial charge in [0, 0.05) is 16.5 Å². The third-order valence-corrected chi connectivity index (χ3v) is 8.02. The molecule has 212 valence electrons. The molecule has 0 unspecified atom stereocenters. The van der Waals surface area contributed by atoms with Crippen LogP contribution in [-0.4, -0.2) is 15.3 Å². The SMILES string of the molecule is O=C(C=Cc1ccccc1-c1cncn1C(c1ccccc1)(c1ccccc1)c1ccccc1)c1cc(F)c2occc2c1. The van der Waals surface area contributed by atoms with Crippen LogP contribution in [0.2, 0.25) is 0 Å². The first-order valence-corrected chi connectivity index (χ1v) is 14.3. The van der Waals surface area contributed by atoms with E-state index in [0.717, 1.165) is 33.5 Å². The molecule has 2 heterocycles. The van der Waals surface area contributed by atoms with Crippen molar-refractivity contribution in [3.05, 3.63) is 192 Å². The number of nitrogens with zero attached hydrogens (tertiary/aromatic N) is 2. The van der Waals surface area contributed by atoms with Crippen LogP contribution in [0.4, 0.5) is 4.39 Å². The average Bonchev–Trinajstić information content (AvgIpc) is 3.77. The summed E-state index contributed by atoms with van der Waals surface area (Å²) in [5.41, 5.74) is 5.49. The first kappa shape index (κ1) is 27.0. The number of rotatable bonds is 8. The van der Waals surface area contributed by atoms with Gasteiger partial charge in [-0.25, -0.2) is 9.37 Å². The van der Waals surface area contributed by atoms with Crippen molar-refractivity contribution in [3.8, 4) is 11.3 Å². The average molecular weight is 575 g/mol. The quantitative estimate of drug-likeness (QED) is 0.103. The van der Waals surface area contributed by atoms with Crippen molar-refractivity contribution in [2.24, 2.45) is 0 Å². The maximum Gasteiger partial charge on any atom is 0.185 e. The number of carbonyl (C=O) groups excluding carboxylic acids is 1. The minimum Gasteiger partial charge on any atom is -0.461 e. The lowest BCUT2D eigenvalue weighted by molar-refractivity contribution is 0.104. The van der Waals surface area contributed by atoms with Gasteiger partial charge in [0.1, 0.15) is 5.54 Å². The van der Waals surface area contributed by atoms with Crippen LogP contribution in [0.25, 0.3) is 28.3 Å². The molecule has 0 saturated heterocycles. The van der Waals surface area contributed by atoms with E-state index in [9.17, 15) is 9.18 Å². The van der Waals surface area contributed by atoms with Gasteiger partial charge >= 0.3 is 0 Å². The Hall–Kier alpha value is -5.81. The molecule has 0 aliphatic heterocycles. The number of aromatic nitrogens is 2. The normalized spacial score (nSPS) is 11.8. The van der Waals surface area contributed by atoms with Gasteiger partial charge in [-0.15, -0.1) is 0 Å². The summed E-state index contributed by atoms with van der Waals surface area (Å²) >= 11 is 0. The van der Waals surface area contributed by atoms with Crippen molar-refractivity contribution in [3.63, 3.8) is 0 Å². The minimum absolute atomic E-state index is 0.142. The van der Waals surface area contributed by atoms with Crippen LogP contribution < -0.4 is 0 Å². The number of carbonyl (C=O) groups is 1. The highest BCUT2D eigenvalue weighted by Crippen LogP contribution is 2.43. The Morgan fingerprint density at radius 1 is 0.750 bits per heavy atom. The highest BCUT2D eigenvalue weighted by molar-refractivity contribution is 6.08. The second kappa shape index (κ2) is 11.5. The van der Waals surface area contributed by atoms with Crippen molar-refractivity contribution >= 4 is 22.8 Å². The number of halogens is 1. The van der Waals surface area contributed by atoms with E-state index in [4.69, 9.17) is 4.42 Å². The van der Waals surface area contributed by atoms with Crippen molar-refractivity contribution in [1.82, 2.24) is 9.55 Å². The number of ketones is 1. The fourth-order valence-corrected chi connectivity index (χ4v) is 6.03. The number of furan rings is 1. The molecule has 0 fully saturated rings. The summed E-state index contributed by atoms with van der Waals surface area (Å²) in [6.07, 6.45) is 8.41. The van der Waals surface area contributed by atoms with Crippen LogP contribution in [0.1, 0.15) is 32.6 Å². The topological polar surface area (TPSA) is 48.0 Å². The number of imidazole rings is 1. The first-order chi connectivity index (χ1) is 21.7. The summed E-state index contributed by atoms with van der Waals surface area (Å²) in [5.74, 6) is -0.866. The molecule has 0 atom stereocenters. The fraction of sp³-hybridized carbons (Fsp3) is 0.0256. The van der Waals surface area contributed by atoms with Gasteiger partial charge in [-0.2, -0.15) is 0 Å². The van der Waals surface area contributed by atoms with Gasteiger partial charge in [0.15, 0.2) is 17.2 Å². The van der Waals surface area contributed by atoms with Crippen molar-refractivity contribution < 1.29 is 13.6 Å². The van der Waals surface area contributed by atoms with Crippen LogP contribution in [0.15, 0.2) is 163 Å². The Morgan fingerprint density at radius 3 is 1.98 bits per heavy atom. The van der Waals surface area contributed by atoms with Gasteiger partial charge in [-0.3, -0.25) is 4.79 Å². The summed E-state index contributed by atoms with van der Waals surface area (Å²) < 4.78 is 22.0. The summed E-state index contributed by atoms with van der Waals surface area (Å²) in [6, 6.07) is 43.7. The lowest BCUT2D eigenvalue weighted by Gasteiger charge is -2.38. The molecule has 5 heteroatoms. The molecule has 5 aromatic carbocycles. The zero-order valence-electron chi connectivity index (χ0n) is 23.7. The van der Waals surface area contributed by atoms with E-state index in [-0.39, 0.29) is 16.9 Å². The predicted octanol–water partition coefficient (Wildman–Crippen LogP) is 9.17. The Bertz CT molecular complexity index is 2000. The predicted molar refractivity (Wildman–Crippen MR) is 172 cm³/mol. The van der Waals surface area contributed by atoms with Crippen LogP contribution in [0.3, 0.4) is 0 Å². The van der Waals surface area contributed by atoms with E-state index in [1.165, 1.54) is 18.4 Å². The summed E-state index contributed by atoms with van der Waals surface area (Å²) in [4.78, 5) is 17.9. The van der Waals surface area contributed by atoms with E-state index in [0.29, 0.717) is 5.39 Å². The molecule has 44 heavy (non-hydrogen) atoms. The summed E-state index contributed by atoms with van der Waals surface area (Å²) in [5, 5.41) is 0.546. The second-order valence-corrected chi connectivity index (χ2v) is 10.5. The Morgan fingerprint density at radius 2 is 1.34 bits per heavy atom. The molecule has 0 spiro atoms. The molecule has 4 nitrogen and oxygen atoms in total. The molecule has 0 amide bonds. The number of hydrogen-bond donors (Lipinski definition) is 0. The van der Waals surface area contributed by atoms with Gasteiger partial charge < -0.3 is 8.98 Å².